The molecule has 0 aromatic heterocycles. The zero-order valence-electron chi connectivity index (χ0n) is 11.9. The molecule has 0 aromatic carbocycles. The molecular formula is C18H30. The molecular weight excluding hydrogens is 216 g/mol. The van der Waals surface area contributed by atoms with Gasteiger partial charge in [-0.1, -0.05) is 57.1 Å². The highest BCUT2D eigenvalue weighted by molar-refractivity contribution is 4.97. The van der Waals surface area contributed by atoms with E-state index in [2.05, 4.69) is 12.2 Å². The highest BCUT2D eigenvalue weighted by atomic mass is 14.3. The molecule has 6 aliphatic carbocycles. The highest BCUT2D eigenvalue weighted by Crippen LogP contribution is 2.38. The zero-order valence-corrected chi connectivity index (χ0v) is 11.9. The third-order valence-corrected chi connectivity index (χ3v) is 5.96. The molecule has 0 atom stereocenters. The second-order valence-corrected chi connectivity index (χ2v) is 7.26. The Morgan fingerprint density at radius 1 is 0.556 bits per heavy atom. The van der Waals surface area contributed by atoms with Gasteiger partial charge in [-0.25, -0.2) is 0 Å². The van der Waals surface area contributed by atoms with Crippen LogP contribution in [0.5, 0.6) is 0 Å². The van der Waals surface area contributed by atoms with Crippen LogP contribution in [0.25, 0.3) is 0 Å². The number of fused-ring (bicyclic) bond motifs is 7. The first-order valence-corrected chi connectivity index (χ1v) is 8.57. The monoisotopic (exact) mass is 246 g/mol. The van der Waals surface area contributed by atoms with Crippen molar-refractivity contribution in [3.05, 3.63) is 12.2 Å². The summed E-state index contributed by atoms with van der Waals surface area (Å²) >= 11 is 0. The van der Waals surface area contributed by atoms with E-state index in [-0.39, 0.29) is 0 Å². The molecule has 0 heteroatoms. The summed E-state index contributed by atoms with van der Waals surface area (Å²) in [5.41, 5.74) is 0. The van der Waals surface area contributed by atoms with Gasteiger partial charge in [-0.3, -0.25) is 0 Å². The van der Waals surface area contributed by atoms with Gasteiger partial charge in [0.1, 0.15) is 0 Å². The minimum absolute atomic E-state index is 0.962. The molecule has 0 aliphatic heterocycles. The van der Waals surface area contributed by atoms with Gasteiger partial charge < -0.3 is 0 Å². The van der Waals surface area contributed by atoms with Crippen LogP contribution in [0.15, 0.2) is 12.2 Å². The fourth-order valence-electron chi connectivity index (χ4n) is 4.58. The fourth-order valence-corrected chi connectivity index (χ4v) is 4.58. The van der Waals surface area contributed by atoms with E-state index in [1.807, 2.05) is 0 Å². The Morgan fingerprint density at radius 2 is 1.11 bits per heavy atom. The highest BCUT2D eigenvalue weighted by Gasteiger charge is 2.24. The maximum atomic E-state index is 2.44. The van der Waals surface area contributed by atoms with E-state index in [0.29, 0.717) is 0 Å². The minimum atomic E-state index is 0.962. The van der Waals surface area contributed by atoms with E-state index >= 15 is 0 Å². The summed E-state index contributed by atoms with van der Waals surface area (Å²) in [6, 6.07) is 0. The van der Waals surface area contributed by atoms with Crippen LogP contribution >= 0.6 is 0 Å². The van der Waals surface area contributed by atoms with Crippen molar-refractivity contribution < 1.29 is 0 Å². The van der Waals surface area contributed by atoms with Crippen molar-refractivity contribution >= 4 is 0 Å². The first kappa shape index (κ1) is 12.8. The average Bonchev–Trinajstić information content (AvgIpc) is 2.95. The molecule has 0 aromatic rings. The molecule has 0 N–H and O–H groups in total. The van der Waals surface area contributed by atoms with Crippen LogP contribution in [0.1, 0.15) is 77.0 Å². The first-order chi connectivity index (χ1) is 8.90. The molecule has 4 saturated carbocycles. The second-order valence-electron chi connectivity index (χ2n) is 7.26. The predicted octanol–water partition coefficient (Wildman–Crippen LogP) is 5.73. The molecule has 0 radical (unpaired) electrons. The maximum absolute atomic E-state index is 2.44. The number of rotatable bonds is 0. The van der Waals surface area contributed by atoms with E-state index in [0.717, 1.165) is 23.7 Å². The van der Waals surface area contributed by atoms with E-state index in [1.165, 1.54) is 38.5 Å². The topological polar surface area (TPSA) is 0 Å². The first-order valence-electron chi connectivity index (χ1n) is 8.57. The number of hydrogen-bond donors (Lipinski definition) is 0. The molecule has 0 amide bonds. The van der Waals surface area contributed by atoms with Gasteiger partial charge in [0.2, 0.25) is 0 Å². The summed E-state index contributed by atoms with van der Waals surface area (Å²) in [7, 11) is 0. The van der Waals surface area contributed by atoms with Crippen molar-refractivity contribution in [1.82, 2.24) is 0 Å². The van der Waals surface area contributed by atoms with E-state index < -0.39 is 0 Å². The summed E-state index contributed by atoms with van der Waals surface area (Å²) in [5, 5.41) is 0. The van der Waals surface area contributed by atoms with Crippen LogP contribution in [0.4, 0.5) is 0 Å². The van der Waals surface area contributed by atoms with Crippen LogP contribution in [-0.4, -0.2) is 0 Å². The van der Waals surface area contributed by atoms with Crippen molar-refractivity contribution in [1.29, 1.82) is 0 Å². The Bertz CT molecular complexity index is 244. The average molecular weight is 246 g/mol. The number of hydrogen-bond acceptors (Lipinski definition) is 0. The fraction of sp³-hybridized carbons (Fsp3) is 0.889. The second kappa shape index (κ2) is 6.26. The van der Waals surface area contributed by atoms with Gasteiger partial charge in [0, 0.05) is 0 Å². The van der Waals surface area contributed by atoms with Crippen molar-refractivity contribution in [3.63, 3.8) is 0 Å². The van der Waals surface area contributed by atoms with Crippen molar-refractivity contribution in [3.8, 4) is 0 Å². The van der Waals surface area contributed by atoms with Crippen LogP contribution in [0, 0.1) is 23.7 Å². The lowest BCUT2D eigenvalue weighted by molar-refractivity contribution is 0.308. The third-order valence-electron chi connectivity index (χ3n) is 5.96. The lowest BCUT2D eigenvalue weighted by atomic mass is 9.84. The van der Waals surface area contributed by atoms with Gasteiger partial charge in [0.25, 0.3) is 0 Å². The quantitative estimate of drug-likeness (QED) is 0.479. The molecule has 102 valence electrons. The molecule has 6 rings (SSSR count). The van der Waals surface area contributed by atoms with Crippen LogP contribution in [0.3, 0.4) is 0 Å². The third kappa shape index (κ3) is 3.39. The summed E-state index contributed by atoms with van der Waals surface area (Å²) in [4.78, 5) is 0. The molecule has 18 heavy (non-hydrogen) atoms. The molecule has 0 unspecified atom stereocenters. The standard InChI is InChI=1S/C9H16.C9H14/c2*1-2-8-4-6-9(3-1)7-5-8/h8-9H,1-7H2;1-2,8-9H,3-7H2. The van der Waals surface area contributed by atoms with Crippen molar-refractivity contribution in [2.24, 2.45) is 23.7 Å². The Balaban J connectivity index is 0.000000111. The summed E-state index contributed by atoms with van der Waals surface area (Å²) in [6.45, 7) is 0. The van der Waals surface area contributed by atoms with Gasteiger partial charge in [-0.2, -0.15) is 0 Å². The lowest BCUT2D eigenvalue weighted by Crippen LogP contribution is -2.08. The summed E-state index contributed by atoms with van der Waals surface area (Å²) < 4.78 is 0. The van der Waals surface area contributed by atoms with Crippen LogP contribution < -0.4 is 0 Å². The largest absolute Gasteiger partial charge is 0.0880 e. The molecule has 0 heterocycles. The zero-order chi connectivity index (χ0) is 12.2. The van der Waals surface area contributed by atoms with Crippen LogP contribution in [-0.2, 0) is 0 Å². The maximum Gasteiger partial charge on any atom is -0.0233 e. The van der Waals surface area contributed by atoms with Crippen molar-refractivity contribution in [2.45, 2.75) is 77.0 Å². The predicted molar refractivity (Wildman–Crippen MR) is 78.5 cm³/mol. The Labute approximate surface area is 113 Å². The van der Waals surface area contributed by atoms with Gasteiger partial charge in [-0.05, 0) is 55.8 Å². The Hall–Kier alpha value is -0.260. The SMILES string of the molecule is C1=CC2CCC(C1)CC2.C1CC2CCC(C1)CC2. The summed E-state index contributed by atoms with van der Waals surface area (Å²) in [6.07, 6.45) is 23.0. The smallest absolute Gasteiger partial charge is 0.0233 e. The van der Waals surface area contributed by atoms with Gasteiger partial charge >= 0.3 is 0 Å². The van der Waals surface area contributed by atoms with Gasteiger partial charge in [0.05, 0.1) is 0 Å². The molecule has 4 fully saturated rings. The van der Waals surface area contributed by atoms with E-state index in [1.54, 1.807) is 38.5 Å². The minimum Gasteiger partial charge on any atom is -0.0880 e. The Morgan fingerprint density at radius 3 is 1.72 bits per heavy atom. The van der Waals surface area contributed by atoms with Crippen LogP contribution in [0.2, 0.25) is 0 Å². The van der Waals surface area contributed by atoms with E-state index in [9.17, 15) is 0 Å². The Kier molecular flexibility index (Phi) is 4.44. The molecule has 0 spiro atoms. The van der Waals surface area contributed by atoms with E-state index in [4.69, 9.17) is 0 Å². The van der Waals surface area contributed by atoms with Gasteiger partial charge in [0.15, 0.2) is 0 Å². The molecule has 4 bridgehead atoms. The molecule has 0 saturated heterocycles. The normalized spacial score (nSPS) is 41.8. The van der Waals surface area contributed by atoms with Crippen molar-refractivity contribution in [2.75, 3.05) is 0 Å². The molecule has 6 aliphatic rings. The summed E-state index contributed by atoms with van der Waals surface area (Å²) in [5.74, 6) is 4.30. The molecule has 0 nitrogen and oxygen atoms in total. The lowest BCUT2D eigenvalue weighted by Gasteiger charge is -2.22. The van der Waals surface area contributed by atoms with Gasteiger partial charge in [-0.15, -0.1) is 0 Å². The number of allylic oxidation sites excluding steroid dienone is 2.